The average molecular weight is 268 g/mol. The van der Waals surface area contributed by atoms with Crippen LogP contribution < -0.4 is 5.32 Å². The minimum Gasteiger partial charge on any atom is -0.376 e. The lowest BCUT2D eigenvalue weighted by Crippen LogP contribution is -2.08. The van der Waals surface area contributed by atoms with Crippen LogP contribution in [0.4, 0.5) is 10.1 Å². The summed E-state index contributed by atoms with van der Waals surface area (Å²) in [6.45, 7) is 3.91. The number of halogens is 2. The normalized spacial score (nSPS) is 12.5. The van der Waals surface area contributed by atoms with Crippen molar-refractivity contribution in [2.24, 2.45) is 7.05 Å². The Labute approximate surface area is 111 Å². The summed E-state index contributed by atoms with van der Waals surface area (Å²) >= 11 is 5.72. The number of anilines is 1. The second kappa shape index (κ2) is 4.98. The van der Waals surface area contributed by atoms with Crippen LogP contribution in [0.3, 0.4) is 0 Å². The maximum atomic E-state index is 13.7. The molecule has 1 heterocycles. The summed E-state index contributed by atoms with van der Waals surface area (Å²) in [6, 6.07) is 4.58. The van der Waals surface area contributed by atoms with Gasteiger partial charge in [-0.3, -0.25) is 4.68 Å². The van der Waals surface area contributed by atoms with Gasteiger partial charge in [0, 0.05) is 23.8 Å². The van der Waals surface area contributed by atoms with E-state index in [0.717, 1.165) is 11.3 Å². The highest BCUT2D eigenvalue weighted by molar-refractivity contribution is 6.30. The van der Waals surface area contributed by atoms with E-state index in [1.807, 2.05) is 27.1 Å². The fourth-order valence-electron chi connectivity index (χ4n) is 1.96. The SMILES string of the molecule is Cc1nn(C)cc1C(C)Nc1ccc(Cl)cc1F. The second-order valence-electron chi connectivity index (χ2n) is 4.33. The molecule has 2 rings (SSSR count). The Hall–Kier alpha value is -1.55. The third kappa shape index (κ3) is 2.64. The maximum absolute atomic E-state index is 13.7. The number of nitrogens with one attached hydrogen (secondary N) is 1. The molecule has 0 saturated heterocycles. The molecule has 0 spiro atoms. The molecule has 0 saturated carbocycles. The Morgan fingerprint density at radius 2 is 2.17 bits per heavy atom. The summed E-state index contributed by atoms with van der Waals surface area (Å²) in [5.41, 5.74) is 2.42. The molecular formula is C13H15ClFN3. The molecule has 1 atom stereocenters. The minimum absolute atomic E-state index is 0.0191. The highest BCUT2D eigenvalue weighted by Gasteiger charge is 2.13. The van der Waals surface area contributed by atoms with Crippen LogP contribution in [0.25, 0.3) is 0 Å². The molecule has 3 nitrogen and oxygen atoms in total. The fraction of sp³-hybridized carbons (Fsp3) is 0.308. The summed E-state index contributed by atoms with van der Waals surface area (Å²) in [5.74, 6) is -0.351. The van der Waals surface area contributed by atoms with E-state index in [-0.39, 0.29) is 11.9 Å². The van der Waals surface area contributed by atoms with Crippen LogP contribution in [0.15, 0.2) is 24.4 Å². The monoisotopic (exact) mass is 267 g/mol. The van der Waals surface area contributed by atoms with Gasteiger partial charge >= 0.3 is 0 Å². The zero-order valence-corrected chi connectivity index (χ0v) is 11.3. The van der Waals surface area contributed by atoms with Gasteiger partial charge in [-0.05, 0) is 32.0 Å². The molecule has 2 aromatic rings. The first-order valence-electron chi connectivity index (χ1n) is 5.69. The lowest BCUT2D eigenvalue weighted by Gasteiger charge is -2.15. The molecule has 1 unspecified atom stereocenters. The van der Waals surface area contributed by atoms with Crippen molar-refractivity contribution in [3.05, 3.63) is 46.5 Å². The third-order valence-electron chi connectivity index (χ3n) is 2.82. The van der Waals surface area contributed by atoms with Crippen molar-refractivity contribution in [2.75, 3.05) is 5.32 Å². The van der Waals surface area contributed by atoms with Gasteiger partial charge in [0.25, 0.3) is 0 Å². The smallest absolute Gasteiger partial charge is 0.147 e. The van der Waals surface area contributed by atoms with Crippen LogP contribution in [0.2, 0.25) is 5.02 Å². The molecule has 1 N–H and O–H groups in total. The Balaban J connectivity index is 2.21. The van der Waals surface area contributed by atoms with Gasteiger partial charge in [-0.1, -0.05) is 11.6 Å². The lowest BCUT2D eigenvalue weighted by molar-refractivity contribution is 0.627. The topological polar surface area (TPSA) is 29.9 Å². The molecule has 0 amide bonds. The Bertz CT molecular complexity index is 565. The molecule has 0 fully saturated rings. The third-order valence-corrected chi connectivity index (χ3v) is 3.06. The molecule has 1 aromatic heterocycles. The van der Waals surface area contributed by atoms with Crippen LogP contribution in [-0.4, -0.2) is 9.78 Å². The number of benzene rings is 1. The van der Waals surface area contributed by atoms with Crippen molar-refractivity contribution in [1.29, 1.82) is 0 Å². The summed E-state index contributed by atoms with van der Waals surface area (Å²) < 4.78 is 15.4. The number of aromatic nitrogens is 2. The molecule has 1 aromatic carbocycles. The quantitative estimate of drug-likeness (QED) is 0.919. The van der Waals surface area contributed by atoms with Crippen LogP contribution >= 0.6 is 11.6 Å². The molecule has 96 valence electrons. The number of nitrogens with zero attached hydrogens (tertiary/aromatic N) is 2. The van der Waals surface area contributed by atoms with Crippen molar-refractivity contribution < 1.29 is 4.39 Å². The average Bonchev–Trinajstić information content (AvgIpc) is 2.62. The summed E-state index contributed by atoms with van der Waals surface area (Å²) in [4.78, 5) is 0. The van der Waals surface area contributed by atoms with Gasteiger partial charge in [0.1, 0.15) is 5.82 Å². The predicted molar refractivity (Wildman–Crippen MR) is 71.4 cm³/mol. The van der Waals surface area contributed by atoms with E-state index >= 15 is 0 Å². The molecule has 0 aliphatic carbocycles. The highest BCUT2D eigenvalue weighted by Crippen LogP contribution is 2.25. The number of hydrogen-bond acceptors (Lipinski definition) is 2. The van der Waals surface area contributed by atoms with Crippen molar-refractivity contribution in [3.63, 3.8) is 0 Å². The van der Waals surface area contributed by atoms with Crippen molar-refractivity contribution in [2.45, 2.75) is 19.9 Å². The molecular weight excluding hydrogens is 253 g/mol. The lowest BCUT2D eigenvalue weighted by atomic mass is 10.1. The predicted octanol–water partition coefficient (Wildman–Crippen LogP) is 3.69. The van der Waals surface area contributed by atoms with E-state index in [2.05, 4.69) is 10.4 Å². The van der Waals surface area contributed by atoms with Crippen LogP contribution in [0, 0.1) is 12.7 Å². The van der Waals surface area contributed by atoms with Crippen LogP contribution in [0.5, 0.6) is 0 Å². The maximum Gasteiger partial charge on any atom is 0.147 e. The van der Waals surface area contributed by atoms with Gasteiger partial charge < -0.3 is 5.32 Å². The van der Waals surface area contributed by atoms with E-state index in [1.165, 1.54) is 6.07 Å². The molecule has 0 bridgehead atoms. The first-order chi connectivity index (χ1) is 8.47. The number of rotatable bonds is 3. The van der Waals surface area contributed by atoms with E-state index < -0.39 is 0 Å². The molecule has 0 radical (unpaired) electrons. The Morgan fingerprint density at radius 3 is 2.72 bits per heavy atom. The van der Waals surface area contributed by atoms with Gasteiger partial charge in [-0.25, -0.2) is 4.39 Å². The van der Waals surface area contributed by atoms with E-state index in [4.69, 9.17) is 11.6 Å². The second-order valence-corrected chi connectivity index (χ2v) is 4.77. The first kappa shape index (κ1) is 12.9. The van der Waals surface area contributed by atoms with Gasteiger partial charge in [-0.15, -0.1) is 0 Å². The van der Waals surface area contributed by atoms with Crippen molar-refractivity contribution >= 4 is 17.3 Å². The van der Waals surface area contributed by atoms with Gasteiger partial charge in [0.2, 0.25) is 0 Å². The fourth-order valence-corrected chi connectivity index (χ4v) is 2.12. The van der Waals surface area contributed by atoms with Crippen LogP contribution in [0.1, 0.15) is 24.2 Å². The number of hydrogen-bond donors (Lipinski definition) is 1. The van der Waals surface area contributed by atoms with E-state index in [0.29, 0.717) is 10.7 Å². The first-order valence-corrected chi connectivity index (χ1v) is 6.07. The van der Waals surface area contributed by atoms with Gasteiger partial charge in [0.05, 0.1) is 17.4 Å². The zero-order valence-electron chi connectivity index (χ0n) is 10.5. The number of aryl methyl sites for hydroxylation is 2. The van der Waals surface area contributed by atoms with Crippen molar-refractivity contribution in [3.8, 4) is 0 Å². The minimum atomic E-state index is -0.351. The summed E-state index contributed by atoms with van der Waals surface area (Å²) in [7, 11) is 1.87. The standard InChI is InChI=1S/C13H15ClFN3/c1-8(11-7-18(3)17-9(11)2)16-13-5-4-10(14)6-12(13)15/h4-8,16H,1-3H3. The Kier molecular flexibility index (Phi) is 3.57. The van der Waals surface area contributed by atoms with Gasteiger partial charge in [-0.2, -0.15) is 5.10 Å². The molecule has 0 aliphatic rings. The Morgan fingerprint density at radius 1 is 1.44 bits per heavy atom. The van der Waals surface area contributed by atoms with Gasteiger partial charge in [0.15, 0.2) is 0 Å². The highest BCUT2D eigenvalue weighted by atomic mass is 35.5. The molecule has 0 aliphatic heterocycles. The molecule has 5 heteroatoms. The largest absolute Gasteiger partial charge is 0.376 e. The van der Waals surface area contributed by atoms with Crippen LogP contribution in [-0.2, 0) is 7.05 Å². The molecule has 18 heavy (non-hydrogen) atoms. The van der Waals surface area contributed by atoms with E-state index in [9.17, 15) is 4.39 Å². The zero-order chi connectivity index (χ0) is 13.3. The van der Waals surface area contributed by atoms with Crippen molar-refractivity contribution in [1.82, 2.24) is 9.78 Å². The summed E-state index contributed by atoms with van der Waals surface area (Å²) in [6.07, 6.45) is 1.93. The summed E-state index contributed by atoms with van der Waals surface area (Å²) in [5, 5.41) is 7.78. The van der Waals surface area contributed by atoms with E-state index in [1.54, 1.807) is 16.8 Å².